The van der Waals surface area contributed by atoms with Gasteiger partial charge in [-0.1, -0.05) is 73.8 Å². The molecule has 0 aromatic heterocycles. The highest BCUT2D eigenvalue weighted by atomic mass is 16.5. The molecule has 0 radical (unpaired) electrons. The summed E-state index contributed by atoms with van der Waals surface area (Å²) >= 11 is 0. The fourth-order valence-electron chi connectivity index (χ4n) is 4.78. The van der Waals surface area contributed by atoms with Gasteiger partial charge in [0.2, 0.25) is 0 Å². The normalized spacial score (nSPS) is 15.2. The van der Waals surface area contributed by atoms with Gasteiger partial charge in [0.1, 0.15) is 11.5 Å². The first-order valence-corrected chi connectivity index (χ1v) is 12.2. The van der Waals surface area contributed by atoms with E-state index in [4.69, 9.17) is 4.74 Å². The van der Waals surface area contributed by atoms with E-state index in [1.165, 1.54) is 46.2 Å². The Labute approximate surface area is 204 Å². The maximum atomic E-state index is 5.92. The molecule has 1 aliphatic rings. The average Bonchev–Trinajstić information content (AvgIpc) is 2.86. The summed E-state index contributed by atoms with van der Waals surface area (Å²) in [7, 11) is 0. The summed E-state index contributed by atoms with van der Waals surface area (Å²) in [6.07, 6.45) is 7.62. The van der Waals surface area contributed by atoms with Gasteiger partial charge in [-0.3, -0.25) is 4.90 Å². The third-order valence-electron chi connectivity index (χ3n) is 6.91. The molecule has 1 heterocycles. The summed E-state index contributed by atoms with van der Waals surface area (Å²) < 4.78 is 5.92. The number of ether oxygens (including phenoxy) is 1. The molecule has 1 fully saturated rings. The molecule has 0 atom stereocenters. The number of nitrogens with zero attached hydrogens (tertiary/aromatic N) is 1. The third kappa shape index (κ3) is 5.76. The van der Waals surface area contributed by atoms with Gasteiger partial charge in [-0.05, 0) is 103 Å². The molecule has 0 amide bonds. The number of hydrogen-bond donors (Lipinski definition) is 0. The van der Waals surface area contributed by atoms with Gasteiger partial charge in [0.15, 0.2) is 0 Å². The van der Waals surface area contributed by atoms with Crippen molar-refractivity contribution in [3.63, 3.8) is 0 Å². The van der Waals surface area contributed by atoms with Crippen LogP contribution in [0.5, 0.6) is 5.75 Å². The highest BCUT2D eigenvalue weighted by Gasteiger charge is 2.21. The number of piperidine rings is 1. The predicted molar refractivity (Wildman–Crippen MR) is 144 cm³/mol. The van der Waals surface area contributed by atoms with Crippen molar-refractivity contribution in [1.29, 1.82) is 0 Å². The van der Waals surface area contributed by atoms with Crippen LogP contribution in [0.4, 0.5) is 0 Å². The molecule has 4 rings (SSSR count). The van der Waals surface area contributed by atoms with Crippen molar-refractivity contribution in [2.75, 3.05) is 13.1 Å². The van der Waals surface area contributed by atoms with Gasteiger partial charge in [-0.25, -0.2) is 0 Å². The van der Waals surface area contributed by atoms with Crippen LogP contribution in [0, 0.1) is 13.8 Å². The Balaban J connectivity index is 1.34. The molecule has 174 valence electrons. The summed E-state index contributed by atoms with van der Waals surface area (Å²) in [6, 6.07) is 24.2. The van der Waals surface area contributed by atoms with E-state index in [-0.39, 0.29) is 0 Å². The number of benzene rings is 3. The molecule has 0 saturated carbocycles. The number of allylic oxidation sites excluding steroid dienone is 3. The van der Waals surface area contributed by atoms with Crippen LogP contribution in [-0.2, 0) is 6.54 Å². The Hall–Kier alpha value is -3.36. The molecular formula is C32H35NO. The van der Waals surface area contributed by atoms with E-state index in [1.54, 1.807) is 12.2 Å². The fraction of sp³-hybridized carbons (Fsp3) is 0.250. The van der Waals surface area contributed by atoms with Gasteiger partial charge in [0, 0.05) is 6.54 Å². The Morgan fingerprint density at radius 2 is 1.71 bits per heavy atom. The molecule has 1 saturated heterocycles. The second-order valence-corrected chi connectivity index (χ2v) is 9.18. The van der Waals surface area contributed by atoms with Gasteiger partial charge in [0.25, 0.3) is 0 Å². The van der Waals surface area contributed by atoms with Gasteiger partial charge >= 0.3 is 0 Å². The molecule has 3 aromatic carbocycles. The van der Waals surface area contributed by atoms with Crippen molar-refractivity contribution in [3.8, 4) is 16.9 Å². The summed E-state index contributed by atoms with van der Waals surface area (Å²) in [4.78, 5) is 2.55. The standard InChI is InChI=1S/C32H35NO/c1-5-9-30(6-2)34-31-12-8-11-26(22-31)23-33-20-18-28(19-21-33)27-14-16-29(17-15-27)32-13-7-10-24(3)25(32)4/h5-17,22,28H,1-2,18-21,23H2,3-4H3/b30-9+. The van der Waals surface area contributed by atoms with Gasteiger partial charge in [0.05, 0.1) is 0 Å². The molecule has 0 unspecified atom stereocenters. The summed E-state index contributed by atoms with van der Waals surface area (Å²) in [6.45, 7) is 15.1. The number of aryl methyl sites for hydroxylation is 1. The average molecular weight is 450 g/mol. The van der Waals surface area contributed by atoms with Gasteiger partial charge < -0.3 is 4.74 Å². The lowest BCUT2D eigenvalue weighted by molar-refractivity contribution is 0.204. The van der Waals surface area contributed by atoms with E-state index in [1.807, 2.05) is 12.1 Å². The number of likely N-dealkylation sites (tertiary alicyclic amines) is 1. The van der Waals surface area contributed by atoms with Crippen molar-refractivity contribution in [2.45, 2.75) is 39.2 Å². The molecule has 0 N–H and O–H groups in total. The number of hydrogen-bond acceptors (Lipinski definition) is 2. The fourth-order valence-corrected chi connectivity index (χ4v) is 4.78. The lowest BCUT2D eigenvalue weighted by Crippen LogP contribution is -2.32. The molecule has 3 aromatic rings. The Kier molecular flexibility index (Phi) is 7.82. The zero-order valence-corrected chi connectivity index (χ0v) is 20.5. The van der Waals surface area contributed by atoms with Crippen LogP contribution >= 0.6 is 0 Å². The minimum absolute atomic E-state index is 0.637. The third-order valence-corrected chi connectivity index (χ3v) is 6.91. The van der Waals surface area contributed by atoms with Crippen molar-refractivity contribution < 1.29 is 4.74 Å². The molecule has 2 heteroatoms. The SMILES string of the molecule is C=C/C=C(\C=C)Oc1cccc(CN2CCC(c3ccc(-c4cccc(C)c4C)cc3)CC2)c1. The molecule has 1 aliphatic heterocycles. The molecule has 0 spiro atoms. The smallest absolute Gasteiger partial charge is 0.127 e. The molecule has 2 nitrogen and oxygen atoms in total. The Morgan fingerprint density at radius 3 is 2.41 bits per heavy atom. The summed E-state index contributed by atoms with van der Waals surface area (Å²) in [5.41, 5.74) is 8.11. The van der Waals surface area contributed by atoms with Crippen LogP contribution in [0.15, 0.2) is 104 Å². The molecule has 0 aliphatic carbocycles. The van der Waals surface area contributed by atoms with Crippen LogP contribution in [0.25, 0.3) is 11.1 Å². The second kappa shape index (κ2) is 11.2. The summed E-state index contributed by atoms with van der Waals surface area (Å²) in [5.74, 6) is 2.18. The Bertz CT molecular complexity index is 1160. The van der Waals surface area contributed by atoms with E-state index >= 15 is 0 Å². The van der Waals surface area contributed by atoms with Crippen LogP contribution in [0.3, 0.4) is 0 Å². The van der Waals surface area contributed by atoms with Crippen LogP contribution in [-0.4, -0.2) is 18.0 Å². The zero-order chi connectivity index (χ0) is 23.9. The lowest BCUT2D eigenvalue weighted by atomic mass is 9.88. The predicted octanol–water partition coefficient (Wildman–Crippen LogP) is 7.98. The zero-order valence-electron chi connectivity index (χ0n) is 20.5. The van der Waals surface area contributed by atoms with E-state index in [0.29, 0.717) is 11.7 Å². The maximum absolute atomic E-state index is 5.92. The molecule has 0 bridgehead atoms. The van der Waals surface area contributed by atoms with Crippen molar-refractivity contribution in [2.24, 2.45) is 0 Å². The van der Waals surface area contributed by atoms with Crippen molar-refractivity contribution >= 4 is 0 Å². The lowest BCUT2D eigenvalue weighted by Gasteiger charge is -2.32. The topological polar surface area (TPSA) is 12.5 Å². The van der Waals surface area contributed by atoms with E-state index in [2.05, 4.69) is 92.6 Å². The first-order valence-electron chi connectivity index (χ1n) is 12.2. The minimum Gasteiger partial charge on any atom is -0.457 e. The Morgan fingerprint density at radius 1 is 0.971 bits per heavy atom. The monoisotopic (exact) mass is 449 g/mol. The van der Waals surface area contributed by atoms with Crippen LogP contribution in [0.1, 0.15) is 41.0 Å². The number of rotatable bonds is 8. The van der Waals surface area contributed by atoms with E-state index < -0.39 is 0 Å². The van der Waals surface area contributed by atoms with Crippen molar-refractivity contribution in [1.82, 2.24) is 4.90 Å². The minimum atomic E-state index is 0.637. The first-order chi connectivity index (χ1) is 16.6. The highest BCUT2D eigenvalue weighted by molar-refractivity contribution is 5.68. The first kappa shape index (κ1) is 23.8. The largest absolute Gasteiger partial charge is 0.457 e. The van der Waals surface area contributed by atoms with Crippen LogP contribution in [0.2, 0.25) is 0 Å². The highest BCUT2D eigenvalue weighted by Crippen LogP contribution is 2.32. The maximum Gasteiger partial charge on any atom is 0.127 e. The molecular weight excluding hydrogens is 414 g/mol. The second-order valence-electron chi connectivity index (χ2n) is 9.18. The van der Waals surface area contributed by atoms with E-state index in [0.717, 1.165) is 25.4 Å². The van der Waals surface area contributed by atoms with E-state index in [9.17, 15) is 0 Å². The molecule has 34 heavy (non-hydrogen) atoms. The van der Waals surface area contributed by atoms with Gasteiger partial charge in [-0.15, -0.1) is 0 Å². The van der Waals surface area contributed by atoms with Crippen molar-refractivity contribution in [3.05, 3.63) is 126 Å². The van der Waals surface area contributed by atoms with Gasteiger partial charge in [-0.2, -0.15) is 0 Å². The quantitative estimate of drug-likeness (QED) is 0.255. The van der Waals surface area contributed by atoms with Crippen LogP contribution < -0.4 is 4.74 Å². The summed E-state index contributed by atoms with van der Waals surface area (Å²) in [5, 5.41) is 0.